The molecule has 0 amide bonds. The minimum absolute atomic E-state index is 0.0887. The van der Waals surface area contributed by atoms with E-state index in [-0.39, 0.29) is 6.04 Å². The number of ether oxygens (including phenoxy) is 1. The molecular formula is C19H26N2O3S. The summed E-state index contributed by atoms with van der Waals surface area (Å²) >= 11 is 0. The van der Waals surface area contributed by atoms with E-state index in [1.165, 1.54) is 18.4 Å². The highest BCUT2D eigenvalue weighted by Crippen LogP contribution is 2.21. The lowest BCUT2D eigenvalue weighted by Crippen LogP contribution is -2.22. The number of nitrogens with one attached hydrogen (secondary N) is 1. The molecule has 0 aliphatic heterocycles. The minimum atomic E-state index is -3.39. The molecule has 0 aliphatic carbocycles. The smallest absolute Gasteiger partial charge is 0.242 e. The van der Waals surface area contributed by atoms with Gasteiger partial charge in [-0.25, -0.2) is 12.7 Å². The fourth-order valence-corrected chi connectivity index (χ4v) is 3.37. The van der Waals surface area contributed by atoms with Crippen molar-refractivity contribution in [3.8, 4) is 5.75 Å². The first kappa shape index (κ1) is 19.4. The molecule has 1 N–H and O–H groups in total. The number of benzene rings is 2. The topological polar surface area (TPSA) is 58.6 Å². The monoisotopic (exact) mass is 362 g/mol. The molecule has 0 saturated heterocycles. The van der Waals surface area contributed by atoms with Gasteiger partial charge in [0.05, 0.1) is 11.5 Å². The predicted octanol–water partition coefficient (Wildman–Crippen LogP) is 3.19. The van der Waals surface area contributed by atoms with E-state index in [9.17, 15) is 8.42 Å². The van der Waals surface area contributed by atoms with Crippen LogP contribution in [-0.4, -0.2) is 33.4 Å². The number of hydrogen-bond acceptors (Lipinski definition) is 4. The third-order valence-corrected chi connectivity index (χ3v) is 5.86. The van der Waals surface area contributed by atoms with Crippen molar-refractivity contribution in [2.24, 2.45) is 0 Å². The van der Waals surface area contributed by atoms with Gasteiger partial charge in [-0.2, -0.15) is 0 Å². The summed E-state index contributed by atoms with van der Waals surface area (Å²) in [7, 11) is -0.328. The normalized spacial score (nSPS) is 13.0. The van der Waals surface area contributed by atoms with E-state index in [1.54, 1.807) is 12.1 Å². The van der Waals surface area contributed by atoms with E-state index >= 15 is 0 Å². The van der Waals surface area contributed by atoms with Crippen LogP contribution in [0.1, 0.15) is 31.0 Å². The largest absolute Gasteiger partial charge is 0.494 e. The maximum Gasteiger partial charge on any atom is 0.242 e. The van der Waals surface area contributed by atoms with Gasteiger partial charge in [0.25, 0.3) is 0 Å². The van der Waals surface area contributed by atoms with Crippen LogP contribution in [0, 0.1) is 0 Å². The maximum atomic E-state index is 12.1. The number of nitrogens with zero attached hydrogens (tertiary/aromatic N) is 1. The lowest BCUT2D eigenvalue weighted by molar-refractivity contribution is 0.335. The molecule has 0 aliphatic rings. The van der Waals surface area contributed by atoms with Crippen molar-refractivity contribution in [2.75, 3.05) is 20.7 Å². The van der Waals surface area contributed by atoms with Crippen LogP contribution in [-0.2, 0) is 16.6 Å². The third kappa shape index (κ3) is 4.81. The number of sulfonamides is 1. The van der Waals surface area contributed by atoms with Crippen LogP contribution >= 0.6 is 0 Å². The van der Waals surface area contributed by atoms with Crippen molar-refractivity contribution in [3.63, 3.8) is 0 Å². The molecule has 1 atom stereocenters. The first-order chi connectivity index (χ1) is 11.9. The van der Waals surface area contributed by atoms with Gasteiger partial charge in [-0.15, -0.1) is 0 Å². The van der Waals surface area contributed by atoms with E-state index in [4.69, 9.17) is 4.74 Å². The second-order valence-electron chi connectivity index (χ2n) is 6.00. The average Bonchev–Trinajstić information content (AvgIpc) is 2.61. The summed E-state index contributed by atoms with van der Waals surface area (Å²) in [6.45, 7) is 5.33. The standard InChI is InChI=1S/C19H26N2O3S/c1-5-24-19-9-7-6-8-17(19)14-20-15(2)16-10-12-18(13-11-16)25(22,23)21(3)4/h6-13,15,20H,5,14H2,1-4H3. The minimum Gasteiger partial charge on any atom is -0.494 e. The van der Waals surface area contributed by atoms with Gasteiger partial charge in [0.1, 0.15) is 5.75 Å². The summed E-state index contributed by atoms with van der Waals surface area (Å²) in [6, 6.07) is 15.0. The number of para-hydroxylation sites is 1. The summed E-state index contributed by atoms with van der Waals surface area (Å²) in [5.41, 5.74) is 2.13. The highest BCUT2D eigenvalue weighted by molar-refractivity contribution is 7.89. The Morgan fingerprint density at radius 2 is 1.72 bits per heavy atom. The molecule has 6 heteroatoms. The molecule has 1 unspecified atom stereocenters. The van der Waals surface area contributed by atoms with Crippen LogP contribution < -0.4 is 10.1 Å². The molecule has 0 saturated carbocycles. The Morgan fingerprint density at radius 1 is 1.08 bits per heavy atom. The van der Waals surface area contributed by atoms with Crippen molar-refractivity contribution in [1.29, 1.82) is 0 Å². The van der Waals surface area contributed by atoms with Crippen LogP contribution in [0.4, 0.5) is 0 Å². The van der Waals surface area contributed by atoms with Crippen molar-refractivity contribution in [2.45, 2.75) is 31.3 Å². The summed E-state index contributed by atoms with van der Waals surface area (Å²) in [5, 5.41) is 3.46. The van der Waals surface area contributed by atoms with Gasteiger partial charge >= 0.3 is 0 Å². The second kappa shape index (κ2) is 8.47. The summed E-state index contributed by atoms with van der Waals surface area (Å²) < 4.78 is 31.1. The van der Waals surface area contributed by atoms with Crippen LogP contribution in [0.5, 0.6) is 5.75 Å². The lowest BCUT2D eigenvalue weighted by Gasteiger charge is -2.17. The van der Waals surface area contributed by atoms with Gasteiger partial charge in [-0.1, -0.05) is 30.3 Å². The Balaban J connectivity index is 2.06. The average molecular weight is 362 g/mol. The van der Waals surface area contributed by atoms with Gasteiger partial charge in [0.15, 0.2) is 0 Å². The van der Waals surface area contributed by atoms with Gasteiger partial charge in [0.2, 0.25) is 10.0 Å². The van der Waals surface area contributed by atoms with Crippen molar-refractivity contribution < 1.29 is 13.2 Å². The SMILES string of the molecule is CCOc1ccccc1CNC(C)c1ccc(S(=O)(=O)N(C)C)cc1. The highest BCUT2D eigenvalue weighted by atomic mass is 32.2. The maximum absolute atomic E-state index is 12.1. The number of rotatable bonds is 8. The molecule has 25 heavy (non-hydrogen) atoms. The van der Waals surface area contributed by atoms with Crippen LogP contribution in [0.15, 0.2) is 53.4 Å². The van der Waals surface area contributed by atoms with Gasteiger partial charge in [-0.3, -0.25) is 0 Å². The fourth-order valence-electron chi connectivity index (χ4n) is 2.47. The zero-order chi connectivity index (χ0) is 18.4. The molecular weight excluding hydrogens is 336 g/mol. The van der Waals surface area contributed by atoms with Gasteiger partial charge in [-0.05, 0) is 37.6 Å². The molecule has 2 aromatic rings. The van der Waals surface area contributed by atoms with Crippen molar-refractivity contribution in [3.05, 3.63) is 59.7 Å². The lowest BCUT2D eigenvalue weighted by atomic mass is 10.1. The molecule has 0 fully saturated rings. The summed E-state index contributed by atoms with van der Waals surface area (Å²) in [6.07, 6.45) is 0. The number of hydrogen-bond donors (Lipinski definition) is 1. The molecule has 0 radical (unpaired) electrons. The molecule has 5 nitrogen and oxygen atoms in total. The fraction of sp³-hybridized carbons (Fsp3) is 0.368. The van der Waals surface area contributed by atoms with Crippen LogP contribution in [0.2, 0.25) is 0 Å². The predicted molar refractivity (Wildman–Crippen MR) is 100 cm³/mol. The van der Waals surface area contributed by atoms with E-state index in [0.717, 1.165) is 16.9 Å². The van der Waals surface area contributed by atoms with E-state index in [1.807, 2.05) is 43.3 Å². The zero-order valence-corrected chi connectivity index (χ0v) is 16.0. The molecule has 2 rings (SSSR count). The second-order valence-corrected chi connectivity index (χ2v) is 8.15. The summed E-state index contributed by atoms with van der Waals surface area (Å²) in [4.78, 5) is 0.301. The van der Waals surface area contributed by atoms with Crippen LogP contribution in [0.3, 0.4) is 0 Å². The Morgan fingerprint density at radius 3 is 2.32 bits per heavy atom. The van der Waals surface area contributed by atoms with Crippen molar-refractivity contribution >= 4 is 10.0 Å². The Labute approximate surface area is 150 Å². The van der Waals surface area contributed by atoms with Gasteiger partial charge in [0, 0.05) is 32.2 Å². The first-order valence-electron chi connectivity index (χ1n) is 8.32. The third-order valence-electron chi connectivity index (χ3n) is 4.03. The van der Waals surface area contributed by atoms with Gasteiger partial charge < -0.3 is 10.1 Å². The Kier molecular flexibility index (Phi) is 6.58. The van der Waals surface area contributed by atoms with E-state index in [2.05, 4.69) is 12.2 Å². The Hall–Kier alpha value is -1.89. The summed E-state index contributed by atoms with van der Waals surface area (Å²) in [5.74, 6) is 0.886. The quantitative estimate of drug-likeness (QED) is 0.783. The Bertz CT molecular complexity index is 787. The van der Waals surface area contributed by atoms with E-state index < -0.39 is 10.0 Å². The first-order valence-corrected chi connectivity index (χ1v) is 9.76. The molecule has 136 valence electrons. The molecule has 2 aromatic carbocycles. The molecule has 0 bridgehead atoms. The molecule has 0 aromatic heterocycles. The highest BCUT2D eigenvalue weighted by Gasteiger charge is 2.17. The zero-order valence-electron chi connectivity index (χ0n) is 15.2. The van der Waals surface area contributed by atoms with Crippen LogP contribution in [0.25, 0.3) is 0 Å². The van der Waals surface area contributed by atoms with Crippen molar-refractivity contribution in [1.82, 2.24) is 9.62 Å². The molecule has 0 heterocycles. The van der Waals surface area contributed by atoms with E-state index in [0.29, 0.717) is 18.0 Å². The molecule has 0 spiro atoms.